The Hall–Kier alpha value is -0.460. The summed E-state index contributed by atoms with van der Waals surface area (Å²) in [5.41, 5.74) is 0. The number of carboxylic acid groups (broad SMARTS) is 1. The second-order valence-electron chi connectivity index (χ2n) is 3.61. The first kappa shape index (κ1) is 13.5. The molecule has 0 radical (unpaired) electrons. The smallest absolute Gasteiger partial charge is 0.414 e. The summed E-state index contributed by atoms with van der Waals surface area (Å²) < 4.78 is 49.4. The molecule has 0 bridgehead atoms. The maximum Gasteiger partial charge on any atom is 0.414 e. The number of rotatable bonds is 3. The molecular weight excluding hydrogens is 224 g/mol. The minimum Gasteiger partial charge on any atom is -0.477 e. The predicted octanol–water partition coefficient (Wildman–Crippen LogP) is 2.83. The Balaban J connectivity index is 4.87. The van der Waals surface area contributed by atoms with E-state index in [1.165, 1.54) is 20.8 Å². The van der Waals surface area contributed by atoms with E-state index >= 15 is 0 Å². The van der Waals surface area contributed by atoms with Crippen LogP contribution in [-0.4, -0.2) is 27.0 Å². The number of alkyl halides is 4. The molecule has 0 aliphatic heterocycles. The first-order valence-corrected chi connectivity index (χ1v) is 4.41. The van der Waals surface area contributed by atoms with Gasteiger partial charge in [-0.2, -0.15) is 17.6 Å². The Morgan fingerprint density at radius 1 is 1.14 bits per heavy atom. The summed E-state index contributed by atoms with van der Waals surface area (Å²) in [6.45, 7) is 3.89. The lowest BCUT2D eigenvalue weighted by atomic mass is 10.3. The molecule has 0 heterocycles. The van der Waals surface area contributed by atoms with Crippen molar-refractivity contribution in [1.82, 2.24) is 0 Å². The lowest BCUT2D eigenvalue weighted by Crippen LogP contribution is -2.46. The van der Waals surface area contributed by atoms with Gasteiger partial charge in [0.1, 0.15) is 0 Å². The number of hydrogen-bond acceptors (Lipinski definition) is 2. The predicted molar refractivity (Wildman–Crippen MR) is 44.9 cm³/mol. The van der Waals surface area contributed by atoms with E-state index in [1.54, 1.807) is 0 Å². The highest BCUT2D eigenvalue weighted by Crippen LogP contribution is 2.48. The molecular formula is C7H10F4O2S. The summed E-state index contributed by atoms with van der Waals surface area (Å²) in [4.78, 5) is 9.91. The molecule has 0 aliphatic rings. The molecule has 0 unspecified atom stereocenters. The van der Waals surface area contributed by atoms with Crippen molar-refractivity contribution in [3.05, 3.63) is 0 Å². The Kier molecular flexibility index (Phi) is 3.48. The summed E-state index contributed by atoms with van der Waals surface area (Å²) in [7, 11) is 0. The minimum absolute atomic E-state index is 0.370. The van der Waals surface area contributed by atoms with Crippen molar-refractivity contribution < 1.29 is 27.5 Å². The molecule has 14 heavy (non-hydrogen) atoms. The molecule has 0 aromatic heterocycles. The lowest BCUT2D eigenvalue weighted by Gasteiger charge is -2.28. The lowest BCUT2D eigenvalue weighted by molar-refractivity contribution is -0.195. The molecule has 84 valence electrons. The van der Waals surface area contributed by atoms with Gasteiger partial charge in [0, 0.05) is 4.75 Å². The number of aliphatic carboxylic acids is 1. The van der Waals surface area contributed by atoms with E-state index in [1.807, 2.05) is 0 Å². The van der Waals surface area contributed by atoms with Crippen LogP contribution in [-0.2, 0) is 4.79 Å². The Bertz CT molecular complexity index is 234. The highest BCUT2D eigenvalue weighted by molar-refractivity contribution is 8.01. The van der Waals surface area contributed by atoms with Crippen LogP contribution >= 0.6 is 11.8 Å². The molecule has 0 amide bonds. The van der Waals surface area contributed by atoms with Crippen molar-refractivity contribution in [1.29, 1.82) is 0 Å². The average Bonchev–Trinajstić information content (AvgIpc) is 1.80. The molecule has 0 aliphatic carbocycles. The van der Waals surface area contributed by atoms with Crippen LogP contribution in [0.3, 0.4) is 0 Å². The third-order valence-corrected chi connectivity index (χ3v) is 2.19. The first-order chi connectivity index (χ1) is 5.90. The van der Waals surface area contributed by atoms with E-state index in [0.29, 0.717) is 0 Å². The van der Waals surface area contributed by atoms with Crippen LogP contribution in [0.15, 0.2) is 0 Å². The van der Waals surface area contributed by atoms with Gasteiger partial charge in [-0.3, -0.25) is 0 Å². The maximum atomic E-state index is 12.8. The molecule has 0 rings (SSSR count). The normalized spacial score (nSPS) is 14.2. The van der Waals surface area contributed by atoms with Crippen molar-refractivity contribution in [3.63, 3.8) is 0 Å². The van der Waals surface area contributed by atoms with E-state index in [4.69, 9.17) is 5.11 Å². The van der Waals surface area contributed by atoms with Gasteiger partial charge < -0.3 is 5.11 Å². The maximum absolute atomic E-state index is 12.8. The molecule has 0 aromatic rings. The number of halogens is 4. The molecule has 0 saturated heterocycles. The number of carbonyl (C=O) groups is 1. The van der Waals surface area contributed by atoms with E-state index < -0.39 is 21.9 Å². The SMILES string of the molecule is CC(C)(C)SC(F)(F)C(F)(F)C(=O)O. The second-order valence-corrected chi connectivity index (χ2v) is 5.55. The van der Waals surface area contributed by atoms with Gasteiger partial charge in [0.25, 0.3) is 0 Å². The van der Waals surface area contributed by atoms with Crippen LogP contribution in [0, 0.1) is 0 Å². The zero-order chi connectivity index (χ0) is 11.8. The molecule has 0 spiro atoms. The number of carboxylic acids is 1. The highest BCUT2D eigenvalue weighted by Gasteiger charge is 2.64. The number of thioether (sulfide) groups is 1. The summed E-state index contributed by atoms with van der Waals surface area (Å²) >= 11 is -0.370. The van der Waals surface area contributed by atoms with Crippen LogP contribution in [0.5, 0.6) is 0 Å². The highest BCUT2D eigenvalue weighted by atomic mass is 32.2. The van der Waals surface area contributed by atoms with Gasteiger partial charge in [0.2, 0.25) is 0 Å². The Morgan fingerprint density at radius 3 is 1.71 bits per heavy atom. The van der Waals surface area contributed by atoms with Crippen LogP contribution < -0.4 is 0 Å². The third-order valence-electron chi connectivity index (χ3n) is 1.07. The molecule has 0 fully saturated rings. The van der Waals surface area contributed by atoms with Crippen molar-refractivity contribution in [2.75, 3.05) is 0 Å². The molecule has 2 nitrogen and oxygen atoms in total. The van der Waals surface area contributed by atoms with Gasteiger partial charge >= 0.3 is 17.1 Å². The number of hydrogen-bond donors (Lipinski definition) is 1. The van der Waals surface area contributed by atoms with Crippen molar-refractivity contribution >= 4 is 17.7 Å². The Morgan fingerprint density at radius 2 is 1.50 bits per heavy atom. The molecule has 0 atom stereocenters. The topological polar surface area (TPSA) is 37.3 Å². The van der Waals surface area contributed by atoms with Crippen molar-refractivity contribution in [2.24, 2.45) is 0 Å². The van der Waals surface area contributed by atoms with Crippen molar-refractivity contribution in [3.8, 4) is 0 Å². The average molecular weight is 234 g/mol. The van der Waals surface area contributed by atoms with Gasteiger partial charge in [-0.15, -0.1) is 0 Å². The van der Waals surface area contributed by atoms with Gasteiger partial charge in [0.05, 0.1) is 0 Å². The third kappa shape index (κ3) is 3.04. The van der Waals surface area contributed by atoms with Crippen LogP contribution in [0.25, 0.3) is 0 Å². The zero-order valence-electron chi connectivity index (χ0n) is 7.78. The fourth-order valence-electron chi connectivity index (χ4n) is 0.573. The quantitative estimate of drug-likeness (QED) is 0.763. The van der Waals surface area contributed by atoms with E-state index in [2.05, 4.69) is 0 Å². The molecule has 0 aromatic carbocycles. The summed E-state index contributed by atoms with van der Waals surface area (Å²) in [6.07, 6.45) is 0. The van der Waals surface area contributed by atoms with Crippen LogP contribution in [0.1, 0.15) is 20.8 Å². The first-order valence-electron chi connectivity index (χ1n) is 3.59. The van der Waals surface area contributed by atoms with E-state index in [9.17, 15) is 22.4 Å². The van der Waals surface area contributed by atoms with Crippen molar-refractivity contribution in [2.45, 2.75) is 36.7 Å². The molecule has 7 heteroatoms. The summed E-state index contributed by atoms with van der Waals surface area (Å²) in [5.74, 6) is -7.87. The van der Waals surface area contributed by atoms with Crippen LogP contribution in [0.2, 0.25) is 0 Å². The van der Waals surface area contributed by atoms with E-state index in [-0.39, 0.29) is 11.8 Å². The van der Waals surface area contributed by atoms with Gasteiger partial charge in [-0.1, -0.05) is 32.5 Å². The second kappa shape index (κ2) is 3.60. The van der Waals surface area contributed by atoms with Gasteiger partial charge in [-0.25, -0.2) is 4.79 Å². The fourth-order valence-corrected chi connectivity index (χ4v) is 1.56. The summed E-state index contributed by atoms with van der Waals surface area (Å²) in [6, 6.07) is 0. The fraction of sp³-hybridized carbons (Fsp3) is 0.857. The zero-order valence-corrected chi connectivity index (χ0v) is 8.59. The molecule has 0 saturated carbocycles. The standard InChI is InChI=1S/C7H10F4O2S/c1-5(2,3)14-7(10,11)6(8,9)4(12)13/h1-3H3,(H,12,13). The van der Waals surface area contributed by atoms with E-state index in [0.717, 1.165) is 0 Å². The summed E-state index contributed by atoms with van der Waals surface area (Å²) in [5, 5.41) is 3.32. The van der Waals surface area contributed by atoms with Gasteiger partial charge in [0.15, 0.2) is 0 Å². The molecule has 1 N–H and O–H groups in total. The van der Waals surface area contributed by atoms with Gasteiger partial charge in [-0.05, 0) is 0 Å². The monoisotopic (exact) mass is 234 g/mol. The largest absolute Gasteiger partial charge is 0.477 e. The van der Waals surface area contributed by atoms with Crippen LogP contribution in [0.4, 0.5) is 17.6 Å². The Labute approximate surface area is 82.7 Å². The minimum atomic E-state index is -5.05.